The lowest BCUT2D eigenvalue weighted by Gasteiger charge is -2.15. The van der Waals surface area contributed by atoms with Crippen LogP contribution in [0.5, 0.6) is 0 Å². The van der Waals surface area contributed by atoms with Crippen molar-refractivity contribution in [3.8, 4) is 0 Å². The Balaban J connectivity index is 1.87. The highest BCUT2D eigenvalue weighted by atomic mass is 79.9. The number of halogens is 1. The molecule has 2 heterocycles. The summed E-state index contributed by atoms with van der Waals surface area (Å²) in [6.07, 6.45) is 0.538. The minimum absolute atomic E-state index is 0.0844. The third-order valence-corrected chi connectivity index (χ3v) is 6.47. The maximum atomic E-state index is 12.5. The molecule has 0 saturated carbocycles. The molecule has 2 aromatic rings. The average Bonchev–Trinajstić information content (AvgIpc) is 3.10. The van der Waals surface area contributed by atoms with Gasteiger partial charge in [0.15, 0.2) is 15.5 Å². The molecule has 1 amide bonds. The molecule has 0 spiro atoms. The van der Waals surface area contributed by atoms with Crippen LogP contribution in [0.25, 0.3) is 0 Å². The predicted molar refractivity (Wildman–Crippen MR) is 101 cm³/mol. The Morgan fingerprint density at radius 1 is 1.36 bits per heavy atom. The number of hydrogen-bond donors (Lipinski definition) is 1. The van der Waals surface area contributed by atoms with Gasteiger partial charge in [-0.25, -0.2) is 8.42 Å². The first-order chi connectivity index (χ1) is 11.7. The van der Waals surface area contributed by atoms with Gasteiger partial charge in [0.2, 0.25) is 0 Å². The Morgan fingerprint density at radius 3 is 2.72 bits per heavy atom. The van der Waals surface area contributed by atoms with Crippen LogP contribution in [0.1, 0.15) is 48.4 Å². The molecule has 1 aromatic heterocycles. The molecule has 1 atom stereocenters. The fourth-order valence-electron chi connectivity index (χ4n) is 2.97. The van der Waals surface area contributed by atoms with Crippen LogP contribution >= 0.6 is 15.9 Å². The number of sulfone groups is 1. The van der Waals surface area contributed by atoms with E-state index in [-0.39, 0.29) is 29.4 Å². The SMILES string of the molecule is CC(C)c1cc(C(=O)Nc2cccc(Br)c2)nn1[C@@H]1CCS(=O)(=O)C1. The summed E-state index contributed by atoms with van der Waals surface area (Å²) in [6.45, 7) is 4.01. The molecular formula is C17H20BrN3O3S. The molecule has 0 radical (unpaired) electrons. The van der Waals surface area contributed by atoms with Crippen molar-refractivity contribution >= 4 is 37.4 Å². The summed E-state index contributed by atoms with van der Waals surface area (Å²) in [7, 11) is -3.02. The molecule has 1 saturated heterocycles. The summed E-state index contributed by atoms with van der Waals surface area (Å²) < 4.78 is 26.2. The topological polar surface area (TPSA) is 81.1 Å². The first kappa shape index (κ1) is 18.1. The van der Waals surface area contributed by atoms with Crippen molar-refractivity contribution in [2.45, 2.75) is 32.2 Å². The van der Waals surface area contributed by atoms with Crippen LogP contribution in [0.3, 0.4) is 0 Å². The van der Waals surface area contributed by atoms with Gasteiger partial charge in [-0.1, -0.05) is 35.8 Å². The number of nitrogens with zero attached hydrogens (tertiary/aromatic N) is 2. The lowest BCUT2D eigenvalue weighted by atomic mass is 10.1. The van der Waals surface area contributed by atoms with E-state index in [2.05, 4.69) is 26.3 Å². The van der Waals surface area contributed by atoms with Crippen molar-refractivity contribution in [3.63, 3.8) is 0 Å². The summed E-state index contributed by atoms with van der Waals surface area (Å²) in [5.74, 6) is 0.0956. The van der Waals surface area contributed by atoms with E-state index >= 15 is 0 Å². The number of aromatic nitrogens is 2. The van der Waals surface area contributed by atoms with Crippen LogP contribution in [0.15, 0.2) is 34.8 Å². The Bertz CT molecular complexity index is 906. The van der Waals surface area contributed by atoms with Crippen molar-refractivity contribution in [2.75, 3.05) is 16.8 Å². The Morgan fingerprint density at radius 2 is 2.12 bits per heavy atom. The zero-order chi connectivity index (χ0) is 18.2. The normalized spacial score (nSPS) is 19.3. The summed E-state index contributed by atoms with van der Waals surface area (Å²) >= 11 is 3.37. The van der Waals surface area contributed by atoms with E-state index in [1.54, 1.807) is 16.8 Å². The van der Waals surface area contributed by atoms with E-state index in [1.807, 2.05) is 32.0 Å². The van der Waals surface area contributed by atoms with Gasteiger partial charge in [0.25, 0.3) is 5.91 Å². The van der Waals surface area contributed by atoms with Gasteiger partial charge in [0.1, 0.15) is 0 Å². The maximum absolute atomic E-state index is 12.5. The van der Waals surface area contributed by atoms with E-state index < -0.39 is 9.84 Å². The molecule has 1 fully saturated rings. The third-order valence-electron chi connectivity index (χ3n) is 4.23. The smallest absolute Gasteiger partial charge is 0.276 e. The van der Waals surface area contributed by atoms with E-state index in [4.69, 9.17) is 0 Å². The van der Waals surface area contributed by atoms with Crippen LogP contribution in [0.4, 0.5) is 5.69 Å². The number of benzene rings is 1. The zero-order valence-corrected chi connectivity index (χ0v) is 16.5. The van der Waals surface area contributed by atoms with Crippen molar-refractivity contribution in [1.29, 1.82) is 0 Å². The minimum atomic E-state index is -3.02. The zero-order valence-electron chi connectivity index (χ0n) is 14.1. The molecule has 1 N–H and O–H groups in total. The molecule has 3 rings (SSSR count). The number of carbonyl (C=O) groups is 1. The lowest BCUT2D eigenvalue weighted by Crippen LogP contribution is -2.17. The van der Waals surface area contributed by atoms with Gasteiger partial charge < -0.3 is 5.32 Å². The molecular weight excluding hydrogens is 406 g/mol. The predicted octanol–water partition coefficient (Wildman–Crippen LogP) is 3.38. The van der Waals surface area contributed by atoms with Gasteiger partial charge in [-0.05, 0) is 36.6 Å². The van der Waals surface area contributed by atoms with Gasteiger partial charge in [-0.2, -0.15) is 5.10 Å². The van der Waals surface area contributed by atoms with Gasteiger partial charge in [-0.3, -0.25) is 9.48 Å². The summed E-state index contributed by atoms with van der Waals surface area (Å²) in [5.41, 5.74) is 1.85. The molecule has 0 aliphatic carbocycles. The number of hydrogen-bond acceptors (Lipinski definition) is 4. The molecule has 1 aromatic carbocycles. The fraction of sp³-hybridized carbons (Fsp3) is 0.412. The Hall–Kier alpha value is -1.67. The highest BCUT2D eigenvalue weighted by Gasteiger charge is 2.32. The number of anilines is 1. The van der Waals surface area contributed by atoms with Crippen LogP contribution < -0.4 is 5.32 Å². The summed E-state index contributed by atoms with van der Waals surface area (Å²) in [5, 5.41) is 7.25. The summed E-state index contributed by atoms with van der Waals surface area (Å²) in [4.78, 5) is 12.5. The number of rotatable bonds is 4. The van der Waals surface area contributed by atoms with E-state index in [1.165, 1.54) is 0 Å². The largest absolute Gasteiger partial charge is 0.321 e. The van der Waals surface area contributed by atoms with Crippen LogP contribution in [0, 0.1) is 0 Å². The highest BCUT2D eigenvalue weighted by molar-refractivity contribution is 9.10. The van der Waals surface area contributed by atoms with Crippen LogP contribution in [-0.2, 0) is 9.84 Å². The molecule has 0 unspecified atom stereocenters. The Kier molecular flexibility index (Phi) is 5.02. The van der Waals surface area contributed by atoms with Gasteiger partial charge in [-0.15, -0.1) is 0 Å². The number of nitrogens with one attached hydrogen (secondary N) is 1. The fourth-order valence-corrected chi connectivity index (χ4v) is 5.06. The van der Waals surface area contributed by atoms with Gasteiger partial charge in [0.05, 0.1) is 17.5 Å². The van der Waals surface area contributed by atoms with Gasteiger partial charge in [0, 0.05) is 15.9 Å². The average molecular weight is 426 g/mol. The molecule has 8 heteroatoms. The second-order valence-electron chi connectivity index (χ2n) is 6.58. The lowest BCUT2D eigenvalue weighted by molar-refractivity contribution is 0.102. The van der Waals surface area contributed by atoms with E-state index in [9.17, 15) is 13.2 Å². The quantitative estimate of drug-likeness (QED) is 0.813. The van der Waals surface area contributed by atoms with Crippen LogP contribution in [-0.4, -0.2) is 35.6 Å². The number of carbonyl (C=O) groups excluding carboxylic acids is 1. The minimum Gasteiger partial charge on any atom is -0.321 e. The monoisotopic (exact) mass is 425 g/mol. The third kappa shape index (κ3) is 4.12. The maximum Gasteiger partial charge on any atom is 0.276 e. The molecule has 25 heavy (non-hydrogen) atoms. The van der Waals surface area contributed by atoms with Crippen molar-refractivity contribution < 1.29 is 13.2 Å². The molecule has 6 nitrogen and oxygen atoms in total. The second kappa shape index (κ2) is 6.92. The highest BCUT2D eigenvalue weighted by Crippen LogP contribution is 2.28. The van der Waals surface area contributed by atoms with Crippen molar-refractivity contribution in [1.82, 2.24) is 9.78 Å². The molecule has 134 valence electrons. The van der Waals surface area contributed by atoms with E-state index in [0.29, 0.717) is 17.8 Å². The van der Waals surface area contributed by atoms with Crippen LogP contribution in [0.2, 0.25) is 0 Å². The van der Waals surface area contributed by atoms with Crippen molar-refractivity contribution in [2.24, 2.45) is 0 Å². The van der Waals surface area contributed by atoms with E-state index in [0.717, 1.165) is 10.2 Å². The Labute approximate surface area is 155 Å². The molecule has 1 aliphatic heterocycles. The number of amides is 1. The first-order valence-electron chi connectivity index (χ1n) is 8.12. The van der Waals surface area contributed by atoms with Gasteiger partial charge >= 0.3 is 0 Å². The molecule has 1 aliphatic rings. The molecule has 0 bridgehead atoms. The summed E-state index contributed by atoms with van der Waals surface area (Å²) in [6, 6.07) is 8.87. The first-order valence-corrected chi connectivity index (χ1v) is 10.7. The second-order valence-corrected chi connectivity index (χ2v) is 9.72. The van der Waals surface area contributed by atoms with Crippen molar-refractivity contribution in [3.05, 3.63) is 46.2 Å². The standard InChI is InChI=1S/C17H20BrN3O3S/c1-11(2)16-9-15(17(22)19-13-5-3-4-12(18)8-13)20-21(16)14-6-7-25(23,24)10-14/h3-5,8-9,11,14H,6-7,10H2,1-2H3,(H,19,22)/t14-/m1/s1.